The molecule has 122 valence electrons. The molecule has 0 aliphatic rings. The van der Waals surface area contributed by atoms with Crippen molar-refractivity contribution in [2.75, 3.05) is 5.32 Å². The van der Waals surface area contributed by atoms with Crippen molar-refractivity contribution in [1.82, 2.24) is 0 Å². The molecule has 23 heavy (non-hydrogen) atoms. The number of hydrogen-bond acceptors (Lipinski definition) is 3. The van der Waals surface area contributed by atoms with Crippen LogP contribution in [0.5, 0.6) is 11.5 Å². The summed E-state index contributed by atoms with van der Waals surface area (Å²) in [6.07, 6.45) is 0. The normalized spacial score (nSPS) is 10.7. The van der Waals surface area contributed by atoms with Crippen molar-refractivity contribution < 1.29 is 36.6 Å². The number of aromatic hydroxyl groups is 1. The van der Waals surface area contributed by atoms with E-state index in [4.69, 9.17) is 0 Å². The Balaban J connectivity index is 2.23. The van der Waals surface area contributed by atoms with Gasteiger partial charge in [0.15, 0.2) is 11.6 Å². The van der Waals surface area contributed by atoms with E-state index in [0.717, 1.165) is 12.1 Å². The molecule has 0 saturated heterocycles. The number of alkyl halides is 2. The van der Waals surface area contributed by atoms with Crippen LogP contribution in [0.4, 0.5) is 27.6 Å². The largest absolute Gasteiger partial charge is 0.507 e. The summed E-state index contributed by atoms with van der Waals surface area (Å²) in [4.78, 5) is 11.8. The van der Waals surface area contributed by atoms with Gasteiger partial charge in [0.05, 0.1) is 0 Å². The molecule has 0 saturated carbocycles. The van der Waals surface area contributed by atoms with E-state index >= 15 is 0 Å². The number of halogens is 5. The summed E-state index contributed by atoms with van der Waals surface area (Å²) >= 11 is 0. The van der Waals surface area contributed by atoms with Gasteiger partial charge in [0.2, 0.25) is 0 Å². The highest BCUT2D eigenvalue weighted by Crippen LogP contribution is 2.26. The fourth-order valence-electron chi connectivity index (χ4n) is 1.75. The molecule has 0 unspecified atom stereocenters. The molecule has 0 aliphatic carbocycles. The van der Waals surface area contributed by atoms with E-state index in [0.29, 0.717) is 18.2 Å². The number of phenols is 1. The van der Waals surface area contributed by atoms with E-state index in [2.05, 4.69) is 4.74 Å². The fourth-order valence-corrected chi connectivity index (χ4v) is 1.75. The molecular formula is C14H8F5NO3. The molecule has 2 rings (SSSR count). The Hall–Kier alpha value is -2.84. The Morgan fingerprint density at radius 1 is 1.09 bits per heavy atom. The first-order valence-corrected chi connectivity index (χ1v) is 6.01. The number of carbonyl (C=O) groups is 1. The maximum atomic E-state index is 13.5. The Kier molecular flexibility index (Phi) is 4.68. The number of benzene rings is 2. The van der Waals surface area contributed by atoms with Crippen molar-refractivity contribution >= 4 is 11.6 Å². The van der Waals surface area contributed by atoms with Crippen LogP contribution in [0.25, 0.3) is 0 Å². The second-order valence-corrected chi connectivity index (χ2v) is 4.26. The van der Waals surface area contributed by atoms with Crippen LogP contribution in [0.15, 0.2) is 30.3 Å². The van der Waals surface area contributed by atoms with Gasteiger partial charge >= 0.3 is 6.61 Å². The number of nitrogens with one attached hydrogen (secondary N) is 1. The predicted octanol–water partition coefficient (Wildman–Crippen LogP) is 3.66. The minimum Gasteiger partial charge on any atom is -0.507 e. The van der Waals surface area contributed by atoms with E-state index in [-0.39, 0.29) is 5.69 Å². The van der Waals surface area contributed by atoms with Gasteiger partial charge in [0.25, 0.3) is 5.91 Å². The molecule has 1 amide bonds. The average Bonchev–Trinajstić information content (AvgIpc) is 2.40. The minimum absolute atomic E-state index is 0.211. The van der Waals surface area contributed by atoms with Crippen LogP contribution in [0, 0.1) is 17.5 Å². The second kappa shape index (κ2) is 6.51. The summed E-state index contributed by atoms with van der Waals surface area (Å²) in [6, 6.07) is 3.43. The molecule has 0 radical (unpaired) electrons. The zero-order valence-electron chi connectivity index (χ0n) is 11.1. The van der Waals surface area contributed by atoms with Gasteiger partial charge in [-0.3, -0.25) is 4.79 Å². The first kappa shape index (κ1) is 16.5. The Bertz CT molecular complexity index is 728. The quantitative estimate of drug-likeness (QED) is 0.840. The third-order valence-electron chi connectivity index (χ3n) is 2.67. The van der Waals surface area contributed by atoms with Crippen molar-refractivity contribution in [3.8, 4) is 11.5 Å². The van der Waals surface area contributed by atoms with E-state index in [1.807, 2.05) is 5.32 Å². The van der Waals surface area contributed by atoms with E-state index in [9.17, 15) is 31.9 Å². The molecule has 0 atom stereocenters. The molecule has 2 aromatic carbocycles. The maximum Gasteiger partial charge on any atom is 0.387 e. The molecule has 2 N–H and O–H groups in total. The van der Waals surface area contributed by atoms with Crippen LogP contribution in [0.2, 0.25) is 0 Å². The summed E-state index contributed by atoms with van der Waals surface area (Å²) in [5, 5.41) is 11.4. The summed E-state index contributed by atoms with van der Waals surface area (Å²) in [6.45, 7) is -3.23. The van der Waals surface area contributed by atoms with Gasteiger partial charge in [-0.25, -0.2) is 13.2 Å². The van der Waals surface area contributed by atoms with Crippen molar-refractivity contribution in [3.63, 3.8) is 0 Å². The fraction of sp³-hybridized carbons (Fsp3) is 0.0714. The van der Waals surface area contributed by atoms with Crippen LogP contribution in [0.3, 0.4) is 0 Å². The lowest BCUT2D eigenvalue weighted by Crippen LogP contribution is -2.14. The SMILES string of the molecule is O=C(Nc1ccc(OC(F)F)c(F)c1)c1c(O)cc(F)cc1F. The monoisotopic (exact) mass is 333 g/mol. The summed E-state index contributed by atoms with van der Waals surface area (Å²) in [5.74, 6) is -6.46. The Morgan fingerprint density at radius 3 is 2.35 bits per heavy atom. The van der Waals surface area contributed by atoms with Gasteiger partial charge in [-0.05, 0) is 12.1 Å². The molecule has 2 aromatic rings. The van der Waals surface area contributed by atoms with Crippen LogP contribution < -0.4 is 10.1 Å². The van der Waals surface area contributed by atoms with E-state index in [1.165, 1.54) is 0 Å². The van der Waals surface area contributed by atoms with Crippen LogP contribution in [-0.4, -0.2) is 17.6 Å². The Labute approximate surface area is 126 Å². The number of anilines is 1. The van der Waals surface area contributed by atoms with Crippen molar-refractivity contribution in [2.24, 2.45) is 0 Å². The molecule has 9 heteroatoms. The standard InChI is InChI=1S/C14H8F5NO3/c15-6-3-9(17)12(10(21)4-6)13(22)20-7-1-2-11(8(16)5-7)23-14(18)19/h1-5,14,21H,(H,20,22). The van der Waals surface area contributed by atoms with Crippen LogP contribution in [-0.2, 0) is 0 Å². The molecule has 0 aliphatic heterocycles. The molecule has 0 aromatic heterocycles. The highest BCUT2D eigenvalue weighted by molar-refractivity contribution is 6.06. The van der Waals surface area contributed by atoms with Crippen molar-refractivity contribution in [1.29, 1.82) is 0 Å². The lowest BCUT2D eigenvalue weighted by atomic mass is 10.1. The lowest BCUT2D eigenvalue weighted by molar-refractivity contribution is -0.0521. The number of phenolic OH excluding ortho intramolecular Hbond substituents is 1. The smallest absolute Gasteiger partial charge is 0.387 e. The summed E-state index contributed by atoms with van der Waals surface area (Å²) < 4.78 is 67.7. The number of rotatable bonds is 4. The van der Waals surface area contributed by atoms with Gasteiger partial charge in [-0.15, -0.1) is 0 Å². The molecule has 4 nitrogen and oxygen atoms in total. The van der Waals surface area contributed by atoms with Gasteiger partial charge in [-0.2, -0.15) is 8.78 Å². The maximum absolute atomic E-state index is 13.5. The van der Waals surface area contributed by atoms with E-state index in [1.54, 1.807) is 0 Å². The highest BCUT2D eigenvalue weighted by Gasteiger charge is 2.19. The van der Waals surface area contributed by atoms with Gasteiger partial charge in [0, 0.05) is 23.9 Å². The van der Waals surface area contributed by atoms with Crippen LogP contribution >= 0.6 is 0 Å². The molecule has 0 bridgehead atoms. The average molecular weight is 333 g/mol. The van der Waals surface area contributed by atoms with Gasteiger partial charge in [0.1, 0.15) is 22.9 Å². The third kappa shape index (κ3) is 3.87. The molecule has 0 heterocycles. The minimum atomic E-state index is -3.23. The van der Waals surface area contributed by atoms with Crippen molar-refractivity contribution in [3.05, 3.63) is 53.3 Å². The number of ether oxygens (including phenoxy) is 1. The van der Waals surface area contributed by atoms with Crippen LogP contribution in [0.1, 0.15) is 10.4 Å². The summed E-state index contributed by atoms with van der Waals surface area (Å²) in [7, 11) is 0. The zero-order chi connectivity index (χ0) is 17.1. The summed E-state index contributed by atoms with van der Waals surface area (Å²) in [5.41, 5.74) is -1.06. The van der Waals surface area contributed by atoms with Gasteiger partial charge in [-0.1, -0.05) is 0 Å². The predicted molar refractivity (Wildman–Crippen MR) is 69.0 cm³/mol. The van der Waals surface area contributed by atoms with Gasteiger partial charge < -0.3 is 15.2 Å². The topological polar surface area (TPSA) is 58.6 Å². The Morgan fingerprint density at radius 2 is 1.78 bits per heavy atom. The third-order valence-corrected chi connectivity index (χ3v) is 2.67. The molecule has 0 spiro atoms. The first-order chi connectivity index (χ1) is 10.8. The number of hydrogen-bond donors (Lipinski definition) is 2. The first-order valence-electron chi connectivity index (χ1n) is 6.01. The number of carbonyl (C=O) groups excluding carboxylic acids is 1. The lowest BCUT2D eigenvalue weighted by Gasteiger charge is -2.10. The molecule has 0 fully saturated rings. The van der Waals surface area contributed by atoms with E-state index < -0.39 is 47.0 Å². The number of amides is 1. The van der Waals surface area contributed by atoms with Crippen molar-refractivity contribution in [2.45, 2.75) is 6.61 Å². The second-order valence-electron chi connectivity index (χ2n) is 4.26. The molecular weight excluding hydrogens is 325 g/mol. The zero-order valence-corrected chi connectivity index (χ0v) is 11.1. The highest BCUT2D eigenvalue weighted by atomic mass is 19.3.